The number of thiophene rings is 1. The maximum atomic E-state index is 5.39. The molecule has 0 bridgehead atoms. The highest BCUT2D eigenvalue weighted by Crippen LogP contribution is 2.19. The van der Waals surface area contributed by atoms with Gasteiger partial charge in [-0.25, -0.2) is 0 Å². The molecule has 0 saturated heterocycles. The fourth-order valence-electron chi connectivity index (χ4n) is 2.13. The number of hydrogen-bond donors (Lipinski definition) is 1. The first kappa shape index (κ1) is 14.1. The largest absolute Gasteiger partial charge is 0.496 e. The molecular formula is C16H21NOS. The van der Waals surface area contributed by atoms with E-state index in [-0.39, 0.29) is 0 Å². The second kappa shape index (κ2) is 6.73. The summed E-state index contributed by atoms with van der Waals surface area (Å²) in [5.74, 6) is 0.975. The van der Waals surface area contributed by atoms with Crippen molar-refractivity contribution in [2.45, 2.75) is 32.9 Å². The van der Waals surface area contributed by atoms with Crippen LogP contribution in [0.4, 0.5) is 0 Å². The third kappa shape index (κ3) is 3.82. The van der Waals surface area contributed by atoms with Gasteiger partial charge < -0.3 is 10.1 Å². The molecule has 0 aliphatic rings. The Labute approximate surface area is 119 Å². The van der Waals surface area contributed by atoms with E-state index >= 15 is 0 Å². The molecular weight excluding hydrogens is 254 g/mol. The van der Waals surface area contributed by atoms with Crippen LogP contribution in [-0.4, -0.2) is 13.2 Å². The highest BCUT2D eigenvalue weighted by molar-refractivity contribution is 7.10. The zero-order valence-electron chi connectivity index (χ0n) is 11.8. The topological polar surface area (TPSA) is 21.3 Å². The van der Waals surface area contributed by atoms with E-state index in [1.807, 2.05) is 23.5 Å². The lowest BCUT2D eigenvalue weighted by Gasteiger charge is -2.15. The highest BCUT2D eigenvalue weighted by Gasteiger charge is 2.08. The smallest absolute Gasteiger partial charge is 0.122 e. The van der Waals surface area contributed by atoms with Crippen molar-refractivity contribution in [3.63, 3.8) is 0 Å². The Bertz CT molecular complexity index is 521. The van der Waals surface area contributed by atoms with Gasteiger partial charge in [0.25, 0.3) is 0 Å². The second-order valence-electron chi connectivity index (χ2n) is 4.82. The molecule has 2 aromatic rings. The van der Waals surface area contributed by atoms with Gasteiger partial charge in [0.05, 0.1) is 7.11 Å². The molecule has 1 aromatic carbocycles. The zero-order valence-corrected chi connectivity index (χ0v) is 12.6. The zero-order chi connectivity index (χ0) is 13.7. The fraction of sp³-hybridized carbons (Fsp3) is 0.375. The summed E-state index contributed by atoms with van der Waals surface area (Å²) in [4.78, 5) is 1.42. The quantitative estimate of drug-likeness (QED) is 0.866. The van der Waals surface area contributed by atoms with Crippen LogP contribution in [0, 0.1) is 6.92 Å². The number of methoxy groups -OCH3 is 1. The Hall–Kier alpha value is -1.32. The number of rotatable bonds is 6. The Morgan fingerprint density at radius 1 is 1.26 bits per heavy atom. The molecule has 0 aliphatic heterocycles. The maximum Gasteiger partial charge on any atom is 0.122 e. The van der Waals surface area contributed by atoms with Gasteiger partial charge in [-0.1, -0.05) is 18.2 Å². The summed E-state index contributed by atoms with van der Waals surface area (Å²) in [5.41, 5.74) is 2.63. The minimum atomic E-state index is 0.429. The predicted molar refractivity (Wildman–Crippen MR) is 82.1 cm³/mol. The number of aryl methyl sites for hydroxylation is 1. The van der Waals surface area contributed by atoms with Crippen LogP contribution >= 0.6 is 11.3 Å². The first-order valence-corrected chi connectivity index (χ1v) is 7.47. The van der Waals surface area contributed by atoms with Crippen LogP contribution in [0.25, 0.3) is 0 Å². The number of ether oxygens (including phenoxy) is 1. The normalized spacial score (nSPS) is 12.4. The average molecular weight is 275 g/mol. The van der Waals surface area contributed by atoms with Gasteiger partial charge in [-0.15, -0.1) is 11.3 Å². The van der Waals surface area contributed by atoms with Gasteiger partial charge in [0, 0.05) is 17.5 Å². The van der Waals surface area contributed by atoms with Gasteiger partial charge in [-0.05, 0) is 48.9 Å². The fourth-order valence-corrected chi connectivity index (χ4v) is 2.98. The molecule has 3 heteroatoms. The lowest BCUT2D eigenvalue weighted by Crippen LogP contribution is -2.27. The summed E-state index contributed by atoms with van der Waals surface area (Å²) >= 11 is 1.82. The van der Waals surface area contributed by atoms with Crippen molar-refractivity contribution in [2.75, 3.05) is 7.11 Å². The van der Waals surface area contributed by atoms with Crippen LogP contribution in [0.2, 0.25) is 0 Å². The molecule has 2 rings (SSSR count). The summed E-state index contributed by atoms with van der Waals surface area (Å²) in [6.45, 7) is 5.33. The second-order valence-corrected chi connectivity index (χ2v) is 5.83. The summed E-state index contributed by atoms with van der Waals surface area (Å²) in [5, 5.41) is 5.73. The van der Waals surface area contributed by atoms with Gasteiger partial charge in [0.1, 0.15) is 5.75 Å². The number of hydrogen-bond acceptors (Lipinski definition) is 3. The number of para-hydroxylation sites is 1. The molecule has 0 fully saturated rings. The van der Waals surface area contributed by atoms with Crippen LogP contribution in [-0.2, 0) is 13.0 Å². The van der Waals surface area contributed by atoms with Crippen LogP contribution in [0.3, 0.4) is 0 Å². The van der Waals surface area contributed by atoms with Crippen LogP contribution in [0.15, 0.2) is 35.7 Å². The molecule has 19 heavy (non-hydrogen) atoms. The molecule has 2 nitrogen and oxygen atoms in total. The van der Waals surface area contributed by atoms with Crippen LogP contribution < -0.4 is 10.1 Å². The van der Waals surface area contributed by atoms with Crippen molar-refractivity contribution in [2.24, 2.45) is 0 Å². The monoisotopic (exact) mass is 275 g/mol. The van der Waals surface area contributed by atoms with Crippen molar-refractivity contribution in [3.8, 4) is 5.75 Å². The van der Waals surface area contributed by atoms with E-state index < -0.39 is 0 Å². The van der Waals surface area contributed by atoms with Crippen molar-refractivity contribution in [1.82, 2.24) is 5.32 Å². The van der Waals surface area contributed by atoms with E-state index in [1.165, 1.54) is 16.0 Å². The molecule has 0 aliphatic carbocycles. The summed E-state index contributed by atoms with van der Waals surface area (Å²) in [6, 6.07) is 10.8. The molecule has 0 saturated carbocycles. The lowest BCUT2D eigenvalue weighted by atomic mass is 10.1. The number of benzene rings is 1. The van der Waals surface area contributed by atoms with Gasteiger partial charge in [-0.3, -0.25) is 0 Å². The van der Waals surface area contributed by atoms with Crippen molar-refractivity contribution < 1.29 is 4.74 Å². The predicted octanol–water partition coefficient (Wildman–Crippen LogP) is 3.79. The lowest BCUT2D eigenvalue weighted by molar-refractivity contribution is 0.406. The van der Waals surface area contributed by atoms with Gasteiger partial charge in [-0.2, -0.15) is 0 Å². The molecule has 1 N–H and O–H groups in total. The summed E-state index contributed by atoms with van der Waals surface area (Å²) in [7, 11) is 1.73. The Kier molecular flexibility index (Phi) is 5.00. The standard InChI is InChI=1S/C16H21NOS/c1-12-8-9-19-16(12)11-17-13(2)10-14-6-4-5-7-15(14)18-3/h4-9,13,17H,10-11H2,1-3H3. The summed E-state index contributed by atoms with van der Waals surface area (Å²) in [6.07, 6.45) is 0.981. The Balaban J connectivity index is 1.90. The first-order chi connectivity index (χ1) is 9.20. The van der Waals surface area contributed by atoms with E-state index in [4.69, 9.17) is 4.74 Å². The van der Waals surface area contributed by atoms with E-state index in [9.17, 15) is 0 Å². The van der Waals surface area contributed by atoms with Crippen molar-refractivity contribution in [3.05, 3.63) is 51.7 Å². The van der Waals surface area contributed by atoms with Crippen molar-refractivity contribution >= 4 is 11.3 Å². The van der Waals surface area contributed by atoms with Crippen LogP contribution in [0.5, 0.6) is 5.75 Å². The first-order valence-electron chi connectivity index (χ1n) is 6.59. The average Bonchev–Trinajstić information content (AvgIpc) is 2.82. The minimum Gasteiger partial charge on any atom is -0.496 e. The van der Waals surface area contributed by atoms with E-state index in [2.05, 4.69) is 42.7 Å². The van der Waals surface area contributed by atoms with Crippen molar-refractivity contribution in [1.29, 1.82) is 0 Å². The SMILES string of the molecule is COc1ccccc1CC(C)NCc1sccc1C. The minimum absolute atomic E-state index is 0.429. The van der Waals surface area contributed by atoms with Gasteiger partial charge in [0.2, 0.25) is 0 Å². The van der Waals surface area contributed by atoms with Crippen LogP contribution in [0.1, 0.15) is 22.9 Å². The molecule has 1 aromatic heterocycles. The third-order valence-electron chi connectivity index (χ3n) is 3.30. The Morgan fingerprint density at radius 2 is 2.05 bits per heavy atom. The maximum absolute atomic E-state index is 5.39. The third-order valence-corrected chi connectivity index (χ3v) is 4.32. The molecule has 1 heterocycles. The highest BCUT2D eigenvalue weighted by atomic mass is 32.1. The molecule has 0 radical (unpaired) electrons. The van der Waals surface area contributed by atoms with E-state index in [0.717, 1.165) is 18.7 Å². The van der Waals surface area contributed by atoms with Gasteiger partial charge >= 0.3 is 0 Å². The van der Waals surface area contributed by atoms with E-state index in [0.29, 0.717) is 6.04 Å². The van der Waals surface area contributed by atoms with E-state index in [1.54, 1.807) is 7.11 Å². The summed E-state index contributed by atoms with van der Waals surface area (Å²) < 4.78 is 5.39. The molecule has 0 spiro atoms. The number of nitrogens with one attached hydrogen (secondary N) is 1. The molecule has 1 unspecified atom stereocenters. The van der Waals surface area contributed by atoms with Gasteiger partial charge in [0.15, 0.2) is 0 Å². The molecule has 102 valence electrons. The molecule has 0 amide bonds. The molecule has 1 atom stereocenters. The Morgan fingerprint density at radius 3 is 2.74 bits per heavy atom.